The van der Waals surface area contributed by atoms with Gasteiger partial charge in [0.15, 0.2) is 0 Å². The van der Waals surface area contributed by atoms with Gasteiger partial charge in [0.2, 0.25) is 0 Å². The van der Waals surface area contributed by atoms with E-state index < -0.39 is 0 Å². The lowest BCUT2D eigenvalue weighted by Gasteiger charge is -2.21. The van der Waals surface area contributed by atoms with Crippen LogP contribution >= 0.6 is 15.9 Å². The molecule has 0 atom stereocenters. The second-order valence-corrected chi connectivity index (χ2v) is 10.1. The normalized spacial score (nSPS) is 12.0. The van der Waals surface area contributed by atoms with Crippen molar-refractivity contribution >= 4 is 37.5 Å². The maximum absolute atomic E-state index is 4.86. The predicted molar refractivity (Wildman–Crippen MR) is 134 cm³/mol. The molecule has 0 aliphatic carbocycles. The van der Waals surface area contributed by atoms with E-state index >= 15 is 0 Å². The molecule has 0 radical (unpaired) electrons. The fourth-order valence-electron chi connectivity index (χ4n) is 4.18. The number of unbranched alkanes of at least 4 members (excludes halogenated alkanes) is 2. The number of benzene rings is 3. The van der Waals surface area contributed by atoms with Gasteiger partial charge in [-0.2, -0.15) is 0 Å². The van der Waals surface area contributed by atoms with Gasteiger partial charge in [0.1, 0.15) is 4.60 Å². The Labute approximate surface area is 188 Å². The summed E-state index contributed by atoms with van der Waals surface area (Å²) < 4.78 is 0.872. The van der Waals surface area contributed by atoms with Gasteiger partial charge in [-0.05, 0) is 91.1 Å². The molecule has 0 bridgehead atoms. The third kappa shape index (κ3) is 4.30. The average Bonchev–Trinajstić information content (AvgIpc) is 2.71. The maximum Gasteiger partial charge on any atom is 0.106 e. The minimum Gasteiger partial charge on any atom is -0.241 e. The van der Waals surface area contributed by atoms with E-state index in [1.54, 1.807) is 0 Å². The highest BCUT2D eigenvalue weighted by molar-refractivity contribution is 9.10. The lowest BCUT2D eigenvalue weighted by Crippen LogP contribution is -2.10. The minimum atomic E-state index is 0.104. The van der Waals surface area contributed by atoms with E-state index in [0.29, 0.717) is 0 Å². The van der Waals surface area contributed by atoms with Crippen LogP contribution in [0.4, 0.5) is 0 Å². The topological polar surface area (TPSA) is 12.9 Å². The molecule has 4 aromatic rings. The van der Waals surface area contributed by atoms with Crippen LogP contribution in [0.2, 0.25) is 0 Å². The maximum atomic E-state index is 4.86. The molecule has 0 N–H and O–H groups in total. The molecule has 154 valence electrons. The molecule has 0 saturated heterocycles. The van der Waals surface area contributed by atoms with Gasteiger partial charge in [-0.1, -0.05) is 76.9 Å². The Bertz CT molecular complexity index is 1200. The van der Waals surface area contributed by atoms with Crippen molar-refractivity contribution in [1.82, 2.24) is 4.98 Å². The Morgan fingerprint density at radius 1 is 0.833 bits per heavy atom. The predicted octanol–water partition coefficient (Wildman–Crippen LogP) is 8.85. The van der Waals surface area contributed by atoms with Crippen LogP contribution in [0.3, 0.4) is 0 Å². The molecule has 0 aliphatic rings. The summed E-state index contributed by atoms with van der Waals surface area (Å²) in [4.78, 5) is 4.86. The SMILES string of the molecule is CCCCCc1ccc2cc3ccc(C(C)(C)C)cc3c(-c3cccc(Br)n3)c2c1. The van der Waals surface area contributed by atoms with Crippen molar-refractivity contribution in [2.24, 2.45) is 0 Å². The molecule has 1 nitrogen and oxygen atoms in total. The van der Waals surface area contributed by atoms with Crippen LogP contribution in [-0.4, -0.2) is 4.98 Å². The zero-order valence-corrected chi connectivity index (χ0v) is 20.0. The summed E-state index contributed by atoms with van der Waals surface area (Å²) in [5.74, 6) is 0. The van der Waals surface area contributed by atoms with Crippen LogP contribution in [0, 0.1) is 0 Å². The molecule has 0 fully saturated rings. The van der Waals surface area contributed by atoms with E-state index in [2.05, 4.69) is 98.2 Å². The molecule has 2 heteroatoms. The van der Waals surface area contributed by atoms with Gasteiger partial charge < -0.3 is 0 Å². The average molecular weight is 460 g/mol. The van der Waals surface area contributed by atoms with E-state index in [1.807, 2.05) is 6.07 Å². The van der Waals surface area contributed by atoms with E-state index in [4.69, 9.17) is 4.98 Å². The van der Waals surface area contributed by atoms with Crippen molar-refractivity contribution in [2.75, 3.05) is 0 Å². The molecule has 0 saturated carbocycles. The highest BCUT2D eigenvalue weighted by Crippen LogP contribution is 2.38. The van der Waals surface area contributed by atoms with Crippen molar-refractivity contribution in [3.63, 3.8) is 0 Å². The first-order valence-corrected chi connectivity index (χ1v) is 11.8. The van der Waals surface area contributed by atoms with Crippen molar-refractivity contribution in [3.05, 3.63) is 76.4 Å². The van der Waals surface area contributed by atoms with Crippen molar-refractivity contribution < 1.29 is 0 Å². The summed E-state index contributed by atoms with van der Waals surface area (Å²) in [6, 6.07) is 22.4. The van der Waals surface area contributed by atoms with Crippen LogP contribution in [0.1, 0.15) is 58.1 Å². The second-order valence-electron chi connectivity index (χ2n) is 9.30. The molecular weight excluding hydrogens is 430 g/mol. The Morgan fingerprint density at radius 3 is 2.27 bits per heavy atom. The molecule has 0 unspecified atom stereocenters. The minimum absolute atomic E-state index is 0.104. The van der Waals surface area contributed by atoms with E-state index in [-0.39, 0.29) is 5.41 Å². The zero-order valence-electron chi connectivity index (χ0n) is 18.4. The Kier molecular flexibility index (Phi) is 5.97. The lowest BCUT2D eigenvalue weighted by molar-refractivity contribution is 0.591. The van der Waals surface area contributed by atoms with E-state index in [1.165, 1.54) is 57.5 Å². The molecule has 4 rings (SSSR count). The number of pyridine rings is 1. The zero-order chi connectivity index (χ0) is 21.3. The largest absolute Gasteiger partial charge is 0.241 e. The highest BCUT2D eigenvalue weighted by atomic mass is 79.9. The molecule has 1 heterocycles. The molecule has 0 aliphatic heterocycles. The van der Waals surface area contributed by atoms with Gasteiger partial charge in [0.05, 0.1) is 5.69 Å². The highest BCUT2D eigenvalue weighted by Gasteiger charge is 2.17. The van der Waals surface area contributed by atoms with Crippen LogP contribution in [-0.2, 0) is 11.8 Å². The number of aromatic nitrogens is 1. The Morgan fingerprint density at radius 2 is 1.57 bits per heavy atom. The fourth-order valence-corrected chi connectivity index (χ4v) is 4.53. The van der Waals surface area contributed by atoms with Crippen molar-refractivity contribution in [3.8, 4) is 11.3 Å². The second kappa shape index (κ2) is 8.51. The molecule has 30 heavy (non-hydrogen) atoms. The van der Waals surface area contributed by atoms with E-state index in [0.717, 1.165) is 16.7 Å². The van der Waals surface area contributed by atoms with Crippen molar-refractivity contribution in [1.29, 1.82) is 0 Å². The molecule has 0 amide bonds. The number of fused-ring (bicyclic) bond motifs is 2. The monoisotopic (exact) mass is 459 g/mol. The number of nitrogens with zero attached hydrogens (tertiary/aromatic N) is 1. The number of hydrogen-bond acceptors (Lipinski definition) is 1. The van der Waals surface area contributed by atoms with Crippen LogP contribution < -0.4 is 0 Å². The summed E-state index contributed by atoms with van der Waals surface area (Å²) in [6.07, 6.45) is 4.91. The fraction of sp³-hybridized carbons (Fsp3) is 0.321. The Hall–Kier alpha value is -2.19. The first-order chi connectivity index (χ1) is 14.4. The third-order valence-corrected chi connectivity index (χ3v) is 6.37. The summed E-state index contributed by atoms with van der Waals surface area (Å²) >= 11 is 3.58. The van der Waals surface area contributed by atoms with Gasteiger partial charge in [0.25, 0.3) is 0 Å². The summed E-state index contributed by atoms with van der Waals surface area (Å²) in [7, 11) is 0. The summed E-state index contributed by atoms with van der Waals surface area (Å²) in [6.45, 7) is 9.09. The summed E-state index contributed by atoms with van der Waals surface area (Å²) in [5, 5.41) is 5.13. The molecule has 3 aromatic carbocycles. The number of halogens is 1. The molecule has 1 aromatic heterocycles. The van der Waals surface area contributed by atoms with Crippen LogP contribution in [0.15, 0.2) is 65.3 Å². The van der Waals surface area contributed by atoms with Crippen LogP contribution in [0.25, 0.3) is 32.8 Å². The van der Waals surface area contributed by atoms with Gasteiger partial charge >= 0.3 is 0 Å². The smallest absolute Gasteiger partial charge is 0.106 e. The van der Waals surface area contributed by atoms with E-state index in [9.17, 15) is 0 Å². The van der Waals surface area contributed by atoms with Gasteiger partial charge in [-0.15, -0.1) is 0 Å². The Balaban J connectivity index is 2.02. The third-order valence-electron chi connectivity index (χ3n) is 5.93. The number of rotatable bonds is 5. The first kappa shape index (κ1) is 21.1. The van der Waals surface area contributed by atoms with Gasteiger partial charge in [-0.25, -0.2) is 4.98 Å². The first-order valence-electron chi connectivity index (χ1n) is 11.0. The number of hydrogen-bond donors (Lipinski definition) is 0. The van der Waals surface area contributed by atoms with Gasteiger partial charge in [-0.3, -0.25) is 0 Å². The summed E-state index contributed by atoms with van der Waals surface area (Å²) in [5.41, 5.74) is 5.14. The van der Waals surface area contributed by atoms with Gasteiger partial charge in [0, 0.05) is 5.56 Å². The van der Waals surface area contributed by atoms with Crippen molar-refractivity contribution in [2.45, 2.75) is 58.8 Å². The van der Waals surface area contributed by atoms with Crippen LogP contribution in [0.5, 0.6) is 0 Å². The lowest BCUT2D eigenvalue weighted by atomic mass is 9.84. The molecular formula is C28H30BrN. The molecule has 0 spiro atoms. The quantitative estimate of drug-likeness (QED) is 0.165. The number of aryl methyl sites for hydroxylation is 1. The standard InChI is InChI=1S/C28H30BrN/c1-5-6-7-9-19-12-13-20-17-21-14-15-22(28(2,3)4)18-24(21)27(23(20)16-19)25-10-8-11-26(29)30-25/h8,10-18H,5-7,9H2,1-4H3.